The van der Waals surface area contributed by atoms with E-state index in [0.717, 1.165) is 145 Å². The van der Waals surface area contributed by atoms with Crippen molar-refractivity contribution in [2.45, 2.75) is 167 Å². The van der Waals surface area contributed by atoms with Gasteiger partial charge in [0.2, 0.25) is 22.9 Å². The van der Waals surface area contributed by atoms with Gasteiger partial charge < -0.3 is 56.9 Å². The monoisotopic (exact) mass is 1370 g/mol. The molecule has 12 heterocycles. The minimum atomic E-state index is -2.44. The summed E-state index contributed by atoms with van der Waals surface area (Å²) in [5.41, 5.74) is 21.2. The fourth-order valence-corrected chi connectivity index (χ4v) is 15.3. The zero-order valence-corrected chi connectivity index (χ0v) is 61.0. The summed E-state index contributed by atoms with van der Waals surface area (Å²) >= 11 is 0. The Kier molecular flexibility index (Phi) is 14.4. The summed E-state index contributed by atoms with van der Waals surface area (Å²) in [6.45, 7) is 28.5. The first-order valence-corrected chi connectivity index (χ1v) is 34.9. The van der Waals surface area contributed by atoms with Gasteiger partial charge in [-0.15, -0.1) is 0 Å². The first-order valence-electron chi connectivity index (χ1n) is 39.4. The van der Waals surface area contributed by atoms with Crippen LogP contribution in [0, 0.1) is 55.4 Å². The Hall–Kier alpha value is -11.0. The van der Waals surface area contributed by atoms with Crippen molar-refractivity contribution < 1.29 is 30.0 Å². The van der Waals surface area contributed by atoms with Gasteiger partial charge in [-0.3, -0.25) is 0 Å². The SMILES string of the molecule is [2H]C(C)(C)N1C=CN(c2c(C)ccc3c2oc2nc(C)ccc23)C1C.[2H]C(C)(C)N1c2ccccc2N(c2c(C)ccc3c2oc2nc(C)ccc23)C1C.[2H]C([2H])([2H])C([2H])(C)N1C=CN(c2c(C)ccc3c2oc2nc(C)ccc23)C1C.[2H]C([2H])([2H])N1c2ccccc2N(c2c(C)ccc3c2oc2nc(C)ccc23)C1C. The van der Waals surface area contributed by atoms with Gasteiger partial charge >= 0.3 is 0 Å². The smallest absolute Gasteiger partial charge is 0.227 e. The van der Waals surface area contributed by atoms with Gasteiger partial charge in [0.1, 0.15) is 24.7 Å². The topological polar surface area (TPSA) is 130 Å². The summed E-state index contributed by atoms with van der Waals surface area (Å²) in [6, 6.07) is 45.6. The van der Waals surface area contributed by atoms with Gasteiger partial charge in [-0.05, 0) is 220 Å². The van der Waals surface area contributed by atoms with Crippen LogP contribution >= 0.6 is 0 Å². The number of rotatable bonds is 7. The summed E-state index contributed by atoms with van der Waals surface area (Å²) in [5.74, 6) is 0. The van der Waals surface area contributed by atoms with Gasteiger partial charge in [-0.2, -0.15) is 0 Å². The molecular formula is C86H92N12O4. The second-order valence-corrected chi connectivity index (χ2v) is 27.8. The van der Waals surface area contributed by atoms with E-state index < -0.39 is 38.0 Å². The van der Waals surface area contributed by atoms with Crippen molar-refractivity contribution in [1.29, 1.82) is 0 Å². The molecule has 0 radical (unpaired) electrons. The van der Waals surface area contributed by atoms with Gasteiger partial charge in [0.25, 0.3) is 0 Å². The lowest BCUT2D eigenvalue weighted by molar-refractivity contribution is 0.263. The van der Waals surface area contributed by atoms with Crippen molar-refractivity contribution in [3.8, 4) is 0 Å². The Balaban J connectivity index is 0.000000117. The maximum absolute atomic E-state index is 8.74. The molecule has 18 rings (SSSR count). The molecule has 5 atom stereocenters. The third-order valence-corrected chi connectivity index (χ3v) is 20.4. The van der Waals surface area contributed by atoms with Crippen LogP contribution in [0.2, 0.25) is 0 Å². The Labute approximate surface area is 610 Å². The zero-order chi connectivity index (χ0) is 79.4. The predicted molar refractivity (Wildman–Crippen MR) is 422 cm³/mol. The van der Waals surface area contributed by atoms with E-state index in [0.29, 0.717) is 34.1 Å². The van der Waals surface area contributed by atoms with E-state index in [1.165, 1.54) is 11.8 Å². The van der Waals surface area contributed by atoms with E-state index in [1.807, 2.05) is 196 Å². The van der Waals surface area contributed by atoms with Crippen LogP contribution in [0.15, 0.2) is 188 Å². The molecule has 0 aliphatic carbocycles. The molecule has 16 heteroatoms. The lowest BCUT2D eigenvalue weighted by atomic mass is 10.1. The summed E-state index contributed by atoms with van der Waals surface area (Å²) in [6.07, 6.45) is 6.79. The van der Waals surface area contributed by atoms with Crippen LogP contribution < -0.4 is 29.4 Å². The molecule has 5 unspecified atom stereocenters. The van der Waals surface area contributed by atoms with Crippen LogP contribution in [-0.4, -0.2) is 79.4 Å². The van der Waals surface area contributed by atoms with Gasteiger partial charge in [0, 0.05) is 124 Å². The highest BCUT2D eigenvalue weighted by Crippen LogP contribution is 2.51. The minimum absolute atomic E-state index is 0.0212. The molecule has 0 saturated heterocycles. The van der Waals surface area contributed by atoms with Crippen LogP contribution in [0.4, 0.5) is 45.5 Å². The molecule has 0 amide bonds. The van der Waals surface area contributed by atoms with E-state index in [2.05, 4.69) is 128 Å². The number of benzene rings is 6. The highest BCUT2D eigenvalue weighted by Gasteiger charge is 2.39. The number of hydrogen-bond acceptors (Lipinski definition) is 16. The zero-order valence-electron chi connectivity index (χ0n) is 70.0. The Bertz CT molecular complexity index is 5890. The molecule has 4 aliphatic rings. The van der Waals surface area contributed by atoms with Crippen LogP contribution in [0.25, 0.3) is 88.3 Å². The molecule has 0 N–H and O–H groups in total. The third-order valence-electron chi connectivity index (χ3n) is 20.4. The largest absolute Gasteiger partial charge is 0.435 e. The fraction of sp³-hybridized carbons (Fsp3) is 0.302. The highest BCUT2D eigenvalue weighted by atomic mass is 16.4. The molecule has 8 aromatic heterocycles. The summed E-state index contributed by atoms with van der Waals surface area (Å²) in [4.78, 5) is 33.9. The van der Waals surface area contributed by atoms with E-state index >= 15 is 0 Å². The highest BCUT2D eigenvalue weighted by molar-refractivity contribution is 6.13. The van der Waals surface area contributed by atoms with Crippen LogP contribution in [0.5, 0.6) is 0 Å². The number of nitrogens with zero attached hydrogens (tertiary/aromatic N) is 12. The number of para-hydroxylation sites is 4. The van der Waals surface area contributed by atoms with Crippen molar-refractivity contribution >= 4 is 134 Å². The van der Waals surface area contributed by atoms with Gasteiger partial charge in [0.15, 0.2) is 22.3 Å². The van der Waals surface area contributed by atoms with Gasteiger partial charge in [0.05, 0.1) is 49.6 Å². The van der Waals surface area contributed by atoms with Crippen molar-refractivity contribution in [2.75, 3.05) is 36.4 Å². The standard InChI is InChI=1S/C24H25N3O.C22H21N3O.2C20H23N3O/c1-14(2)26-17(5)27(21-9-7-6-8-20(21)26)22-15(3)10-12-18-19-13-11-16(4)25-24(19)28-23(18)22;1-13-9-11-16-17-12-10-14(2)23-22(17)26-21(16)20(13)25-15(3)24(4)18-7-5-6-8-19(18)25;2*1-12(2)22-10-11-23(15(22)5)18-13(3)6-8-16-17-9-7-14(4)21-20(17)24-19(16)18/h6-14,17H,1-5H3;5-12,15H,1-4H3;2*6-12,15H,1-5H3/i14D;4D3;1D3,12D;12D. The fourth-order valence-electron chi connectivity index (χ4n) is 15.3. The van der Waals surface area contributed by atoms with Crippen LogP contribution in [-0.2, 0) is 0 Å². The van der Waals surface area contributed by atoms with Crippen molar-refractivity contribution in [2.24, 2.45) is 0 Å². The molecular weight excluding hydrogens is 1270 g/mol. The molecule has 520 valence electrons. The average Bonchev–Trinajstić information content (AvgIpc) is 1.59. The quantitative estimate of drug-likeness (QED) is 0.150. The maximum atomic E-state index is 8.74. The van der Waals surface area contributed by atoms with Crippen molar-refractivity contribution in [3.63, 3.8) is 0 Å². The molecule has 0 bridgehead atoms. The molecule has 14 aromatic rings. The van der Waals surface area contributed by atoms with E-state index in [-0.39, 0.29) is 18.5 Å². The van der Waals surface area contributed by atoms with Gasteiger partial charge in [-0.25, -0.2) is 19.9 Å². The summed E-state index contributed by atoms with van der Waals surface area (Å²) in [5, 5.41) is 8.06. The lowest BCUT2D eigenvalue weighted by Gasteiger charge is -2.33. The maximum Gasteiger partial charge on any atom is 0.227 e. The number of aromatic nitrogens is 4. The molecule has 102 heavy (non-hydrogen) atoms. The number of hydrogen-bond donors (Lipinski definition) is 0. The number of furan rings is 4. The van der Waals surface area contributed by atoms with E-state index in [1.54, 1.807) is 11.1 Å². The molecule has 0 spiro atoms. The summed E-state index contributed by atoms with van der Waals surface area (Å²) in [7, 11) is 0. The minimum Gasteiger partial charge on any atom is -0.435 e. The second-order valence-electron chi connectivity index (χ2n) is 27.8. The second kappa shape index (κ2) is 25.9. The Morgan fingerprint density at radius 3 is 1.02 bits per heavy atom. The molecule has 0 saturated carbocycles. The number of anilines is 8. The van der Waals surface area contributed by atoms with Crippen molar-refractivity contribution in [1.82, 2.24) is 29.7 Å². The molecule has 4 aliphatic heterocycles. The number of pyridine rings is 4. The normalized spacial score (nSPS) is 19.5. The van der Waals surface area contributed by atoms with Gasteiger partial charge in [-0.1, -0.05) is 72.8 Å². The average molecular weight is 1370 g/mol. The van der Waals surface area contributed by atoms with E-state index in [4.69, 9.17) is 30.0 Å². The predicted octanol–water partition coefficient (Wildman–Crippen LogP) is 21.7. The molecule has 0 fully saturated rings. The van der Waals surface area contributed by atoms with Crippen LogP contribution in [0.3, 0.4) is 0 Å². The van der Waals surface area contributed by atoms with Crippen molar-refractivity contribution in [3.05, 3.63) is 215 Å². The molecule has 6 aromatic carbocycles. The summed E-state index contributed by atoms with van der Waals surface area (Å²) < 4.78 is 97.9. The van der Waals surface area contributed by atoms with Crippen LogP contribution in [0.1, 0.15) is 127 Å². The number of fused-ring (bicyclic) bond motifs is 14. The number of aryl methyl sites for hydroxylation is 8. The third kappa shape index (κ3) is 11.1. The Morgan fingerprint density at radius 2 is 0.667 bits per heavy atom. The lowest BCUT2D eigenvalue weighted by Crippen LogP contribution is -2.42. The Morgan fingerprint density at radius 1 is 0.343 bits per heavy atom. The van der Waals surface area contributed by atoms with E-state index in [9.17, 15) is 0 Å². The molecule has 16 nitrogen and oxygen atoms in total. The first-order chi connectivity index (χ1) is 52.3. The first kappa shape index (κ1) is 56.7.